The predicted octanol–water partition coefficient (Wildman–Crippen LogP) is 2.44. The van der Waals surface area contributed by atoms with Crippen molar-refractivity contribution >= 4 is 5.91 Å². The van der Waals surface area contributed by atoms with Crippen molar-refractivity contribution in [1.29, 1.82) is 0 Å². The van der Waals surface area contributed by atoms with Crippen molar-refractivity contribution in [3.63, 3.8) is 0 Å². The molecule has 0 aromatic carbocycles. The van der Waals surface area contributed by atoms with Gasteiger partial charge in [-0.15, -0.1) is 0 Å². The third kappa shape index (κ3) is 3.98. The summed E-state index contributed by atoms with van der Waals surface area (Å²) in [6, 6.07) is 0.736. The van der Waals surface area contributed by atoms with Crippen LogP contribution in [0.15, 0.2) is 0 Å². The van der Waals surface area contributed by atoms with Crippen molar-refractivity contribution < 1.29 is 4.79 Å². The third-order valence-corrected chi connectivity index (χ3v) is 5.14. The molecule has 2 rings (SSSR count). The Balaban J connectivity index is 1.82. The number of carbonyl (C=O) groups is 1. The van der Waals surface area contributed by atoms with Crippen LogP contribution in [0.1, 0.15) is 59.8 Å². The minimum atomic E-state index is 0.0175. The summed E-state index contributed by atoms with van der Waals surface area (Å²) < 4.78 is 0. The molecule has 1 amide bonds. The van der Waals surface area contributed by atoms with Crippen molar-refractivity contribution in [2.75, 3.05) is 19.6 Å². The zero-order valence-electron chi connectivity index (χ0n) is 14.3. The molecule has 0 radical (unpaired) electrons. The lowest BCUT2D eigenvalue weighted by Crippen LogP contribution is -2.41. The fraction of sp³-hybridized carbons (Fsp3) is 0.941. The van der Waals surface area contributed by atoms with E-state index in [4.69, 9.17) is 0 Å². The van der Waals surface area contributed by atoms with Crippen molar-refractivity contribution in [3.05, 3.63) is 0 Å². The lowest BCUT2D eigenvalue weighted by Gasteiger charge is -2.34. The maximum absolute atomic E-state index is 12.5. The number of likely N-dealkylation sites (tertiary alicyclic amines) is 1. The van der Waals surface area contributed by atoms with E-state index in [-0.39, 0.29) is 12.2 Å². The number of carbonyl (C=O) groups excluding carboxylic acids is 1. The van der Waals surface area contributed by atoms with Gasteiger partial charge in [0.05, 0.1) is 12.2 Å². The van der Waals surface area contributed by atoms with E-state index in [9.17, 15) is 4.79 Å². The van der Waals surface area contributed by atoms with E-state index in [0.29, 0.717) is 11.8 Å². The molecule has 0 aromatic rings. The second-order valence-electron chi connectivity index (χ2n) is 7.08. The Hall–Kier alpha value is -0.610. The molecule has 4 heteroatoms. The maximum atomic E-state index is 12.5. The van der Waals surface area contributed by atoms with E-state index < -0.39 is 0 Å². The normalized spacial score (nSPS) is 31.4. The van der Waals surface area contributed by atoms with Crippen LogP contribution >= 0.6 is 0 Å². The summed E-state index contributed by atoms with van der Waals surface area (Å²) in [6.45, 7) is 12.0. The van der Waals surface area contributed by atoms with Crippen molar-refractivity contribution in [2.45, 2.75) is 78.0 Å². The Morgan fingerprint density at radius 1 is 1.29 bits per heavy atom. The predicted molar refractivity (Wildman–Crippen MR) is 87.1 cm³/mol. The lowest BCUT2D eigenvalue weighted by molar-refractivity contribution is -0.130. The van der Waals surface area contributed by atoms with Gasteiger partial charge >= 0.3 is 0 Å². The lowest BCUT2D eigenvalue weighted by atomic mass is 10.0. The summed E-state index contributed by atoms with van der Waals surface area (Å²) in [5, 5.41) is 3.50. The Morgan fingerprint density at radius 3 is 2.67 bits per heavy atom. The van der Waals surface area contributed by atoms with E-state index >= 15 is 0 Å². The van der Waals surface area contributed by atoms with Gasteiger partial charge in [0, 0.05) is 19.1 Å². The summed E-state index contributed by atoms with van der Waals surface area (Å²) in [4.78, 5) is 17.2. The average Bonchev–Trinajstić information content (AvgIpc) is 2.78. The van der Waals surface area contributed by atoms with Gasteiger partial charge in [-0.2, -0.15) is 0 Å². The van der Waals surface area contributed by atoms with Gasteiger partial charge in [-0.3, -0.25) is 10.1 Å². The summed E-state index contributed by atoms with van der Waals surface area (Å²) in [5.74, 6) is 0.683. The highest BCUT2D eigenvalue weighted by Gasteiger charge is 2.38. The zero-order chi connectivity index (χ0) is 15.4. The second-order valence-corrected chi connectivity index (χ2v) is 7.08. The number of nitrogens with zero attached hydrogens (tertiary/aromatic N) is 2. The average molecular weight is 295 g/mol. The molecule has 1 N–H and O–H groups in total. The van der Waals surface area contributed by atoms with Gasteiger partial charge < -0.3 is 9.80 Å². The molecule has 122 valence electrons. The molecule has 2 saturated heterocycles. The number of hydrogen-bond donors (Lipinski definition) is 1. The van der Waals surface area contributed by atoms with Crippen LogP contribution in [0.2, 0.25) is 0 Å². The molecule has 0 aromatic heterocycles. The van der Waals surface area contributed by atoms with Gasteiger partial charge in [0.2, 0.25) is 5.91 Å². The zero-order valence-corrected chi connectivity index (χ0v) is 14.3. The first kappa shape index (κ1) is 16.8. The first-order valence-corrected chi connectivity index (χ1v) is 8.85. The monoisotopic (exact) mass is 295 g/mol. The van der Waals surface area contributed by atoms with Crippen molar-refractivity contribution in [2.24, 2.45) is 5.92 Å². The molecule has 2 fully saturated rings. The quantitative estimate of drug-likeness (QED) is 0.817. The number of piperidine rings is 1. The first-order valence-electron chi connectivity index (χ1n) is 8.85. The highest BCUT2D eigenvalue weighted by atomic mass is 16.2. The molecule has 2 aliphatic heterocycles. The standard InChI is InChI=1S/C17H33N3O/c1-5-15-18-16(13(2)3)17(21)20(15)12-8-11-19-10-7-6-9-14(19)4/h13-16,18H,5-12H2,1-4H3. The van der Waals surface area contributed by atoms with Crippen LogP contribution in [0.3, 0.4) is 0 Å². The number of hydrogen-bond acceptors (Lipinski definition) is 3. The minimum Gasteiger partial charge on any atom is -0.326 e. The molecular weight excluding hydrogens is 262 g/mol. The van der Waals surface area contributed by atoms with Crippen LogP contribution in [0.4, 0.5) is 0 Å². The van der Waals surface area contributed by atoms with E-state index in [2.05, 4.69) is 42.8 Å². The van der Waals surface area contributed by atoms with E-state index in [0.717, 1.165) is 32.0 Å². The number of amides is 1. The fourth-order valence-corrected chi connectivity index (χ4v) is 3.72. The molecule has 0 aliphatic carbocycles. The molecule has 3 atom stereocenters. The van der Waals surface area contributed by atoms with E-state index in [1.807, 2.05) is 0 Å². The SMILES string of the molecule is CCC1NC(C(C)C)C(=O)N1CCCN1CCCCC1C. The molecule has 0 spiro atoms. The Kier molecular flexibility index (Phi) is 6.06. The van der Waals surface area contributed by atoms with Crippen LogP contribution in [0, 0.1) is 5.92 Å². The highest BCUT2D eigenvalue weighted by molar-refractivity contribution is 5.84. The number of nitrogens with one attached hydrogen (secondary N) is 1. The first-order chi connectivity index (χ1) is 10.0. The number of rotatable bonds is 6. The summed E-state index contributed by atoms with van der Waals surface area (Å²) in [6.07, 6.45) is 6.37. The third-order valence-electron chi connectivity index (χ3n) is 5.14. The molecular formula is C17H33N3O. The van der Waals surface area contributed by atoms with E-state index in [1.165, 1.54) is 25.8 Å². The Labute approximate surface area is 130 Å². The smallest absolute Gasteiger partial charge is 0.241 e. The van der Waals surface area contributed by atoms with Crippen LogP contribution in [-0.4, -0.2) is 53.6 Å². The van der Waals surface area contributed by atoms with Crippen LogP contribution in [0.5, 0.6) is 0 Å². The van der Waals surface area contributed by atoms with Gasteiger partial charge in [0.25, 0.3) is 0 Å². The highest BCUT2D eigenvalue weighted by Crippen LogP contribution is 2.20. The van der Waals surface area contributed by atoms with Crippen molar-refractivity contribution in [3.8, 4) is 0 Å². The van der Waals surface area contributed by atoms with Crippen LogP contribution in [-0.2, 0) is 4.79 Å². The molecule has 0 bridgehead atoms. The minimum absolute atomic E-state index is 0.0175. The molecule has 4 nitrogen and oxygen atoms in total. The van der Waals surface area contributed by atoms with Gasteiger partial charge in [-0.25, -0.2) is 0 Å². The molecule has 21 heavy (non-hydrogen) atoms. The van der Waals surface area contributed by atoms with Crippen molar-refractivity contribution in [1.82, 2.24) is 15.1 Å². The molecule has 0 saturated carbocycles. The van der Waals surface area contributed by atoms with Crippen LogP contribution in [0.25, 0.3) is 0 Å². The summed E-state index contributed by atoms with van der Waals surface area (Å²) >= 11 is 0. The van der Waals surface area contributed by atoms with Gasteiger partial charge in [-0.05, 0) is 45.1 Å². The summed E-state index contributed by atoms with van der Waals surface area (Å²) in [5.41, 5.74) is 0. The van der Waals surface area contributed by atoms with Crippen LogP contribution < -0.4 is 5.32 Å². The maximum Gasteiger partial charge on any atom is 0.241 e. The van der Waals surface area contributed by atoms with Gasteiger partial charge in [0.15, 0.2) is 0 Å². The molecule has 2 heterocycles. The Bertz CT molecular complexity index is 345. The second kappa shape index (κ2) is 7.59. The molecule has 3 unspecified atom stereocenters. The molecule has 2 aliphatic rings. The van der Waals surface area contributed by atoms with E-state index in [1.54, 1.807) is 0 Å². The van der Waals surface area contributed by atoms with Gasteiger partial charge in [-0.1, -0.05) is 27.2 Å². The fourth-order valence-electron chi connectivity index (χ4n) is 3.72. The topological polar surface area (TPSA) is 35.6 Å². The largest absolute Gasteiger partial charge is 0.326 e. The summed E-state index contributed by atoms with van der Waals surface area (Å²) in [7, 11) is 0. The van der Waals surface area contributed by atoms with Gasteiger partial charge in [0.1, 0.15) is 0 Å². The Morgan fingerprint density at radius 2 is 2.05 bits per heavy atom.